The zero-order valence-corrected chi connectivity index (χ0v) is 23.0. The van der Waals surface area contributed by atoms with E-state index in [1.807, 2.05) is 42.5 Å². The molecule has 0 saturated carbocycles. The van der Waals surface area contributed by atoms with E-state index in [1.54, 1.807) is 0 Å². The Morgan fingerprint density at radius 3 is 1.33 bits per heavy atom. The predicted octanol–water partition coefficient (Wildman–Crippen LogP) is 8.96. The summed E-state index contributed by atoms with van der Waals surface area (Å²) in [6, 6.07) is 54.2. The topological polar surface area (TPSA) is 26.3 Å². The van der Waals surface area contributed by atoms with Gasteiger partial charge in [0.2, 0.25) is 0 Å². The highest BCUT2D eigenvalue weighted by molar-refractivity contribution is 6.00. The highest BCUT2D eigenvalue weighted by Crippen LogP contribution is 2.61. The lowest BCUT2D eigenvalue weighted by Gasteiger charge is -2.41. The van der Waals surface area contributed by atoms with E-state index in [-0.39, 0.29) is 5.97 Å². The molecule has 42 heavy (non-hydrogen) atoms. The Morgan fingerprint density at radius 2 is 0.833 bits per heavy atom. The van der Waals surface area contributed by atoms with Gasteiger partial charge in [-0.15, -0.1) is 0 Å². The van der Waals surface area contributed by atoms with Crippen molar-refractivity contribution in [3.63, 3.8) is 0 Å². The molecule has 2 aliphatic carbocycles. The summed E-state index contributed by atoms with van der Waals surface area (Å²) in [6.45, 7) is 0. The van der Waals surface area contributed by atoms with Crippen molar-refractivity contribution >= 4 is 5.97 Å². The SMILES string of the molecule is O=C(Oc1ccccc1)C1(CC2(c3ccccc3)c3ccccc3-c3ccccc32)c2ccccc2-c2ccccc21. The third-order valence-corrected chi connectivity index (χ3v) is 9.23. The Balaban J connectivity index is 1.46. The highest BCUT2D eigenvalue weighted by atomic mass is 16.5. The fourth-order valence-electron chi connectivity index (χ4n) is 7.54. The molecule has 0 N–H and O–H groups in total. The molecule has 0 bridgehead atoms. The molecule has 0 heterocycles. The Bertz CT molecular complexity index is 1860. The second-order valence-electron chi connectivity index (χ2n) is 11.2. The summed E-state index contributed by atoms with van der Waals surface area (Å²) in [5.41, 5.74) is 8.49. The Hall–Kier alpha value is -5.21. The fraction of sp³-hybridized carbons (Fsp3) is 0.0750. The summed E-state index contributed by atoms with van der Waals surface area (Å²) in [4.78, 5) is 15.0. The molecule has 6 aromatic carbocycles. The van der Waals surface area contributed by atoms with Gasteiger partial charge in [0.1, 0.15) is 11.2 Å². The van der Waals surface area contributed by atoms with E-state index in [4.69, 9.17) is 4.74 Å². The Labute approximate surface area is 245 Å². The van der Waals surface area contributed by atoms with Crippen molar-refractivity contribution in [1.29, 1.82) is 0 Å². The number of hydrogen-bond acceptors (Lipinski definition) is 2. The van der Waals surface area contributed by atoms with Gasteiger partial charge in [-0.05, 0) is 68.6 Å². The van der Waals surface area contributed by atoms with E-state index in [0.29, 0.717) is 12.2 Å². The minimum atomic E-state index is -1.07. The number of rotatable bonds is 5. The van der Waals surface area contributed by atoms with Crippen LogP contribution in [0.1, 0.15) is 34.2 Å². The first kappa shape index (κ1) is 24.6. The first-order chi connectivity index (χ1) is 20.7. The van der Waals surface area contributed by atoms with Gasteiger partial charge in [-0.3, -0.25) is 4.79 Å². The maximum Gasteiger partial charge on any atom is 0.326 e. The standard InChI is InChI=1S/C40H28O2/c41-38(42-29-17-5-2-6-18-29)40(36-25-13-9-21-32(36)33-22-10-14-26-37(33)40)27-39(28-15-3-1-4-16-28)34-23-11-7-19-30(34)31-20-8-12-24-35(31)39/h1-26H,27H2. The minimum absolute atomic E-state index is 0.261. The lowest BCUT2D eigenvalue weighted by molar-refractivity contribution is -0.139. The van der Waals surface area contributed by atoms with Gasteiger partial charge in [-0.1, -0.05) is 146 Å². The second kappa shape index (κ2) is 9.43. The molecule has 8 rings (SSSR count). The first-order valence-corrected chi connectivity index (χ1v) is 14.5. The number of para-hydroxylation sites is 1. The maximum absolute atomic E-state index is 15.0. The van der Waals surface area contributed by atoms with E-state index in [0.717, 1.165) is 27.8 Å². The molecular weight excluding hydrogens is 512 g/mol. The molecule has 0 saturated heterocycles. The van der Waals surface area contributed by atoms with E-state index >= 15 is 4.79 Å². The van der Waals surface area contributed by atoms with Crippen LogP contribution in [0.5, 0.6) is 5.75 Å². The number of hydrogen-bond donors (Lipinski definition) is 0. The smallest absolute Gasteiger partial charge is 0.326 e. The van der Waals surface area contributed by atoms with Crippen molar-refractivity contribution in [1.82, 2.24) is 0 Å². The number of fused-ring (bicyclic) bond motifs is 6. The molecule has 0 aliphatic heterocycles. The van der Waals surface area contributed by atoms with Gasteiger partial charge in [0.15, 0.2) is 0 Å². The molecule has 0 unspecified atom stereocenters. The fourth-order valence-corrected chi connectivity index (χ4v) is 7.54. The van der Waals surface area contributed by atoms with Crippen molar-refractivity contribution in [2.75, 3.05) is 0 Å². The molecule has 0 amide bonds. The first-order valence-electron chi connectivity index (χ1n) is 14.5. The number of esters is 1. The summed E-state index contributed by atoms with van der Waals surface area (Å²) in [7, 11) is 0. The lowest BCUT2D eigenvalue weighted by Crippen LogP contribution is -2.45. The molecule has 0 atom stereocenters. The second-order valence-corrected chi connectivity index (χ2v) is 11.2. The van der Waals surface area contributed by atoms with Crippen LogP contribution in [0.2, 0.25) is 0 Å². The maximum atomic E-state index is 15.0. The molecule has 6 aromatic rings. The third kappa shape index (κ3) is 3.36. The predicted molar refractivity (Wildman–Crippen MR) is 168 cm³/mol. The Morgan fingerprint density at radius 1 is 0.452 bits per heavy atom. The van der Waals surface area contributed by atoms with Crippen molar-refractivity contribution < 1.29 is 9.53 Å². The zero-order valence-electron chi connectivity index (χ0n) is 23.0. The van der Waals surface area contributed by atoms with Gasteiger partial charge in [-0.2, -0.15) is 0 Å². The molecule has 0 radical (unpaired) electrons. The van der Waals surface area contributed by atoms with Crippen molar-refractivity contribution in [2.24, 2.45) is 0 Å². The summed E-state index contributed by atoms with van der Waals surface area (Å²) < 4.78 is 6.34. The third-order valence-electron chi connectivity index (χ3n) is 9.23. The van der Waals surface area contributed by atoms with Crippen LogP contribution in [-0.4, -0.2) is 5.97 Å². The van der Waals surface area contributed by atoms with E-state index in [2.05, 4.69) is 115 Å². The van der Waals surface area contributed by atoms with Crippen molar-refractivity contribution in [2.45, 2.75) is 17.3 Å². The normalized spacial score (nSPS) is 14.8. The Kier molecular flexibility index (Phi) is 5.52. The summed E-state index contributed by atoms with van der Waals surface area (Å²) in [5.74, 6) is 0.285. The lowest BCUT2D eigenvalue weighted by atomic mass is 9.60. The van der Waals surface area contributed by atoms with Gasteiger partial charge in [-0.25, -0.2) is 0 Å². The van der Waals surface area contributed by atoms with E-state index in [1.165, 1.54) is 22.3 Å². The van der Waals surface area contributed by atoms with Gasteiger partial charge >= 0.3 is 5.97 Å². The number of ether oxygens (including phenoxy) is 1. The van der Waals surface area contributed by atoms with Crippen molar-refractivity contribution in [3.8, 4) is 28.0 Å². The molecule has 0 spiro atoms. The number of carbonyl (C=O) groups excluding carboxylic acids is 1. The van der Waals surface area contributed by atoms with E-state index in [9.17, 15) is 0 Å². The average Bonchev–Trinajstić information content (AvgIpc) is 3.51. The molecular formula is C40H28O2. The monoisotopic (exact) mass is 540 g/mol. The van der Waals surface area contributed by atoms with Gasteiger partial charge in [0.05, 0.1) is 0 Å². The van der Waals surface area contributed by atoms with Gasteiger partial charge in [0.25, 0.3) is 0 Å². The highest BCUT2D eigenvalue weighted by Gasteiger charge is 2.58. The van der Waals surface area contributed by atoms with E-state index < -0.39 is 10.8 Å². The minimum Gasteiger partial charge on any atom is -0.426 e. The summed E-state index contributed by atoms with van der Waals surface area (Å²) in [6.07, 6.45) is 0.484. The quantitative estimate of drug-likeness (QED) is 0.161. The van der Waals surface area contributed by atoms with Crippen LogP contribution in [0.4, 0.5) is 0 Å². The van der Waals surface area contributed by atoms with Crippen LogP contribution in [0.3, 0.4) is 0 Å². The molecule has 2 aliphatic rings. The van der Waals surface area contributed by atoms with Crippen LogP contribution in [0.15, 0.2) is 158 Å². The molecule has 200 valence electrons. The van der Waals surface area contributed by atoms with Crippen molar-refractivity contribution in [3.05, 3.63) is 186 Å². The van der Waals surface area contributed by atoms with Crippen LogP contribution in [0, 0.1) is 0 Å². The largest absolute Gasteiger partial charge is 0.426 e. The zero-order chi connectivity index (χ0) is 28.1. The average molecular weight is 541 g/mol. The van der Waals surface area contributed by atoms with Crippen LogP contribution in [0.25, 0.3) is 22.3 Å². The van der Waals surface area contributed by atoms with Crippen LogP contribution < -0.4 is 4.74 Å². The number of benzene rings is 6. The van der Waals surface area contributed by atoms with Gasteiger partial charge < -0.3 is 4.74 Å². The molecule has 2 nitrogen and oxygen atoms in total. The molecule has 2 heteroatoms. The molecule has 0 aromatic heterocycles. The molecule has 0 fully saturated rings. The van der Waals surface area contributed by atoms with Gasteiger partial charge in [0, 0.05) is 5.41 Å². The summed E-state index contributed by atoms with van der Waals surface area (Å²) >= 11 is 0. The summed E-state index contributed by atoms with van der Waals surface area (Å²) in [5, 5.41) is 0. The van der Waals surface area contributed by atoms with Crippen LogP contribution >= 0.6 is 0 Å². The number of carbonyl (C=O) groups is 1. The van der Waals surface area contributed by atoms with Crippen LogP contribution in [-0.2, 0) is 15.6 Å².